The molecule has 3 atom stereocenters. The number of rotatable bonds is 10. The Morgan fingerprint density at radius 2 is 1.54 bits per heavy atom. The Hall–Kier alpha value is -1.85. The molecule has 2 amide bonds. The van der Waals surface area contributed by atoms with E-state index in [0.29, 0.717) is 0 Å². The van der Waals surface area contributed by atoms with Gasteiger partial charge in [0.15, 0.2) is 0 Å². The van der Waals surface area contributed by atoms with Crippen LogP contribution in [0.15, 0.2) is 0 Å². The maximum Gasteiger partial charge on any atom is 0.327 e. The summed E-state index contributed by atoms with van der Waals surface area (Å²) in [6.07, 6.45) is 2.55. The van der Waals surface area contributed by atoms with Crippen LogP contribution < -0.4 is 16.0 Å². The first-order chi connectivity index (χ1) is 13.2. The quantitative estimate of drug-likeness (QED) is 0.324. The Bertz CT molecular complexity index is 483. The van der Waals surface area contributed by atoms with Crippen molar-refractivity contribution in [2.24, 2.45) is 0 Å². The van der Waals surface area contributed by atoms with Crippen molar-refractivity contribution in [3.05, 3.63) is 0 Å². The van der Waals surface area contributed by atoms with Gasteiger partial charge in [0.05, 0.1) is 12.5 Å². The molecule has 0 spiro atoms. The molecule has 28 heavy (non-hydrogen) atoms. The number of nitrogens with one attached hydrogen (secondary N) is 3. The predicted molar refractivity (Wildman–Crippen MR) is 107 cm³/mol. The minimum atomic E-state index is -1.17. The van der Waals surface area contributed by atoms with Gasteiger partial charge in [0.25, 0.3) is 0 Å². The van der Waals surface area contributed by atoms with E-state index >= 15 is 0 Å². The molecule has 1 fully saturated rings. The summed E-state index contributed by atoms with van der Waals surface area (Å²) in [6, 6.07) is -3.02. The summed E-state index contributed by atoms with van der Waals surface area (Å²) in [4.78, 5) is 45.3. The van der Waals surface area contributed by atoms with E-state index in [2.05, 4.69) is 16.0 Å². The summed E-state index contributed by atoms with van der Waals surface area (Å²) in [5.41, 5.74) is 0. The van der Waals surface area contributed by atoms with Crippen LogP contribution in [0.1, 0.15) is 33.6 Å². The average molecular weight is 424 g/mol. The molecule has 1 aliphatic heterocycles. The number of aliphatic carboxylic acids is 2. The van der Waals surface area contributed by atoms with Crippen molar-refractivity contribution in [3.63, 3.8) is 0 Å². The molecule has 1 saturated heterocycles. The maximum atomic E-state index is 11.9. The molecular formula is C17H33N3O7S. The largest absolute Gasteiger partial charge is 0.481 e. The molecule has 0 bridgehead atoms. The number of hydrogen-bond donors (Lipinski definition) is 5. The van der Waals surface area contributed by atoms with E-state index in [1.54, 1.807) is 6.26 Å². The van der Waals surface area contributed by atoms with E-state index in [4.69, 9.17) is 14.9 Å². The second-order valence-corrected chi connectivity index (χ2v) is 6.40. The van der Waals surface area contributed by atoms with Gasteiger partial charge in [-0.25, -0.2) is 4.79 Å². The molecule has 10 nitrogen and oxygen atoms in total. The first-order valence-electron chi connectivity index (χ1n) is 9.02. The lowest BCUT2D eigenvalue weighted by Gasteiger charge is -2.20. The van der Waals surface area contributed by atoms with Crippen LogP contribution in [0.4, 0.5) is 0 Å². The van der Waals surface area contributed by atoms with Crippen molar-refractivity contribution in [1.29, 1.82) is 0 Å². The van der Waals surface area contributed by atoms with Crippen LogP contribution in [0, 0.1) is 0 Å². The highest BCUT2D eigenvalue weighted by molar-refractivity contribution is 7.98. The zero-order chi connectivity index (χ0) is 22.1. The van der Waals surface area contributed by atoms with E-state index in [1.807, 2.05) is 13.8 Å². The maximum absolute atomic E-state index is 11.9. The average Bonchev–Trinajstić information content (AvgIpc) is 2.58. The topological polar surface area (TPSA) is 154 Å². The lowest BCUT2D eigenvalue weighted by molar-refractivity contribution is -0.142. The molecule has 0 aromatic rings. The Kier molecular flexibility index (Phi) is 17.5. The highest BCUT2D eigenvalue weighted by atomic mass is 32.2. The minimum Gasteiger partial charge on any atom is -0.481 e. The van der Waals surface area contributed by atoms with Gasteiger partial charge >= 0.3 is 11.9 Å². The van der Waals surface area contributed by atoms with Gasteiger partial charge in [0, 0.05) is 19.0 Å². The molecule has 11 heteroatoms. The summed E-state index contributed by atoms with van der Waals surface area (Å²) in [5.74, 6) is -3.43. The van der Waals surface area contributed by atoms with Crippen LogP contribution in [0.2, 0.25) is 0 Å². The smallest absolute Gasteiger partial charge is 0.327 e. The molecule has 1 unspecified atom stereocenters. The molecule has 0 saturated carbocycles. The third kappa shape index (κ3) is 13.3. The molecule has 1 rings (SSSR count). The zero-order valence-electron chi connectivity index (χ0n) is 17.1. The van der Waals surface area contributed by atoms with Crippen molar-refractivity contribution in [1.82, 2.24) is 16.0 Å². The van der Waals surface area contributed by atoms with Gasteiger partial charge in [-0.05, 0) is 26.6 Å². The Morgan fingerprint density at radius 3 is 1.86 bits per heavy atom. The Balaban J connectivity index is 0. The van der Waals surface area contributed by atoms with Gasteiger partial charge in [-0.2, -0.15) is 11.8 Å². The number of carbonyl (C=O) groups is 4. The first kappa shape index (κ1) is 28.4. The summed E-state index contributed by atoms with van der Waals surface area (Å²) >= 11 is 1.26. The summed E-state index contributed by atoms with van der Waals surface area (Å²) in [7, 11) is 1.43. The van der Waals surface area contributed by atoms with E-state index in [1.165, 1.54) is 32.2 Å². The fraction of sp³-hybridized carbons (Fsp3) is 0.765. The first-order valence-corrected chi connectivity index (χ1v) is 10.4. The van der Waals surface area contributed by atoms with Gasteiger partial charge in [-0.15, -0.1) is 0 Å². The zero-order valence-corrected chi connectivity index (χ0v) is 17.9. The standard InChI is InChI=1S/C12H21N3O6S.C3H6O.C2H6/c1-6(10(18)15-8(5-22-3)12(20)21)14-11(19)7(13-2)4-9(16)17;1-2-4-3-1;1-2/h6-8,13H,4-5H2,1-3H3,(H,14,19)(H,15,18)(H,16,17)(H,20,21);1-3H2;1-2H3/t6?,7-,8-;;/m1../s1. The molecule has 1 aliphatic rings. The van der Waals surface area contributed by atoms with Crippen LogP contribution in [-0.4, -0.2) is 84.4 Å². The molecule has 164 valence electrons. The number of carbonyl (C=O) groups excluding carboxylic acids is 2. The SMILES string of the molecule is C1COC1.CC.CN[C@H](CC(=O)O)C(=O)NC(C)C(=O)N[C@H](CSC)C(=O)O. The van der Waals surface area contributed by atoms with E-state index in [0.717, 1.165) is 13.2 Å². The van der Waals surface area contributed by atoms with Crippen LogP contribution in [0.25, 0.3) is 0 Å². The summed E-state index contributed by atoms with van der Waals surface area (Å²) in [5, 5.41) is 24.8. The van der Waals surface area contributed by atoms with Crippen molar-refractivity contribution in [2.45, 2.75) is 51.7 Å². The van der Waals surface area contributed by atoms with Crippen LogP contribution in [0.5, 0.6) is 0 Å². The molecule has 0 radical (unpaired) electrons. The molecule has 1 heterocycles. The normalized spacial score (nSPS) is 15.0. The van der Waals surface area contributed by atoms with Gasteiger partial charge < -0.3 is 30.9 Å². The highest BCUT2D eigenvalue weighted by Crippen LogP contribution is 1.99. The number of carboxylic acid groups (broad SMARTS) is 2. The predicted octanol–water partition coefficient (Wildman–Crippen LogP) is -0.0809. The number of hydrogen-bond acceptors (Lipinski definition) is 7. The Morgan fingerprint density at radius 1 is 1.04 bits per heavy atom. The summed E-state index contributed by atoms with van der Waals surface area (Å²) in [6.45, 7) is 7.39. The molecule has 0 aromatic carbocycles. The molecule has 5 N–H and O–H groups in total. The van der Waals surface area contributed by atoms with Gasteiger partial charge in [0.1, 0.15) is 12.1 Å². The van der Waals surface area contributed by atoms with E-state index < -0.39 is 48.3 Å². The van der Waals surface area contributed by atoms with Crippen LogP contribution in [0.3, 0.4) is 0 Å². The Labute approximate surface area is 170 Å². The fourth-order valence-corrected chi connectivity index (χ4v) is 2.22. The highest BCUT2D eigenvalue weighted by Gasteiger charge is 2.26. The van der Waals surface area contributed by atoms with Crippen molar-refractivity contribution >= 4 is 35.5 Å². The minimum absolute atomic E-state index is 0.194. The molecule has 0 aromatic heterocycles. The summed E-state index contributed by atoms with van der Waals surface area (Å²) < 4.78 is 4.72. The fourth-order valence-electron chi connectivity index (χ4n) is 1.66. The van der Waals surface area contributed by atoms with Gasteiger partial charge in [0.2, 0.25) is 11.8 Å². The number of ether oxygens (including phenoxy) is 1. The third-order valence-electron chi connectivity index (χ3n) is 3.32. The molecule has 0 aliphatic carbocycles. The monoisotopic (exact) mass is 423 g/mol. The number of likely N-dealkylation sites (N-methyl/N-ethyl adjacent to an activating group) is 1. The van der Waals surface area contributed by atoms with Crippen molar-refractivity contribution in [3.8, 4) is 0 Å². The van der Waals surface area contributed by atoms with Crippen LogP contribution in [-0.2, 0) is 23.9 Å². The second kappa shape index (κ2) is 17.3. The van der Waals surface area contributed by atoms with E-state index in [-0.39, 0.29) is 5.75 Å². The third-order valence-corrected chi connectivity index (χ3v) is 3.99. The second-order valence-electron chi connectivity index (χ2n) is 5.49. The van der Waals surface area contributed by atoms with Crippen LogP contribution >= 0.6 is 11.8 Å². The van der Waals surface area contributed by atoms with Crippen molar-refractivity contribution in [2.75, 3.05) is 32.3 Å². The van der Waals surface area contributed by atoms with E-state index in [9.17, 15) is 19.2 Å². The van der Waals surface area contributed by atoms with Gasteiger partial charge in [-0.3, -0.25) is 14.4 Å². The number of amides is 2. The number of thioether (sulfide) groups is 1. The lowest BCUT2D eigenvalue weighted by atomic mass is 10.1. The van der Waals surface area contributed by atoms with Gasteiger partial charge in [-0.1, -0.05) is 13.8 Å². The lowest BCUT2D eigenvalue weighted by Crippen LogP contribution is -2.54. The van der Waals surface area contributed by atoms with Crippen molar-refractivity contribution < 1.29 is 34.1 Å². The molecular weight excluding hydrogens is 390 g/mol. The number of carboxylic acids is 2.